The molecule has 1 rings (SSSR count). The Morgan fingerprint density at radius 2 is 2.21 bits per heavy atom. The number of halogens is 1. The lowest BCUT2D eigenvalue weighted by molar-refractivity contribution is 0.0272. The van der Waals surface area contributed by atoms with Crippen molar-refractivity contribution in [3.8, 4) is 0 Å². The van der Waals surface area contributed by atoms with Crippen molar-refractivity contribution in [1.29, 1.82) is 0 Å². The highest BCUT2D eigenvalue weighted by Gasteiger charge is 2.24. The molecule has 0 spiro atoms. The molecule has 1 unspecified atom stereocenters. The number of hydrogen-bond donors (Lipinski definition) is 0. The Balaban J connectivity index is 2.50. The predicted octanol–water partition coefficient (Wildman–Crippen LogP) is 2.60. The number of alkyl halides is 1. The van der Waals surface area contributed by atoms with E-state index in [1.165, 1.54) is 0 Å². The summed E-state index contributed by atoms with van der Waals surface area (Å²) in [4.78, 5) is 13.4. The van der Waals surface area contributed by atoms with Crippen LogP contribution in [0.1, 0.15) is 20.8 Å². The number of rotatable bonds is 0. The summed E-state index contributed by atoms with van der Waals surface area (Å²) in [6, 6.07) is 0. The number of nitrogens with zero attached hydrogens (tertiary/aromatic N) is 1. The molecule has 14 heavy (non-hydrogen) atoms. The van der Waals surface area contributed by atoms with Crippen LogP contribution in [0.3, 0.4) is 0 Å². The average molecular weight is 309 g/mol. The van der Waals surface area contributed by atoms with Gasteiger partial charge in [0.25, 0.3) is 0 Å². The highest BCUT2D eigenvalue weighted by molar-refractivity contribution is 14.1. The summed E-state index contributed by atoms with van der Waals surface area (Å²) in [5, 5.41) is 0. The summed E-state index contributed by atoms with van der Waals surface area (Å²) in [5.74, 6) is 0. The molecule has 0 N–H and O–H groups in total. The van der Waals surface area contributed by atoms with E-state index < -0.39 is 5.60 Å². The van der Waals surface area contributed by atoms with Gasteiger partial charge in [0.2, 0.25) is 0 Å². The van der Waals surface area contributed by atoms with Crippen LogP contribution in [0.25, 0.3) is 0 Å². The molecule has 0 saturated heterocycles. The number of amides is 1. The monoisotopic (exact) mass is 309 g/mol. The molecule has 1 amide bonds. The first-order valence-electron chi connectivity index (χ1n) is 4.67. The molecule has 0 aliphatic carbocycles. The molecule has 0 radical (unpaired) electrons. The number of ether oxygens (including phenoxy) is 1. The van der Waals surface area contributed by atoms with Gasteiger partial charge in [-0.3, -0.25) is 0 Å². The SMILES string of the molecule is CC(C)(C)OC(=O)N1CC=CC(I)C1. The largest absolute Gasteiger partial charge is 0.444 e. The third-order valence-electron chi connectivity index (χ3n) is 1.72. The van der Waals surface area contributed by atoms with Gasteiger partial charge < -0.3 is 9.64 Å². The third-order valence-corrected chi connectivity index (χ3v) is 2.53. The number of hydrogen-bond acceptors (Lipinski definition) is 2. The Morgan fingerprint density at radius 3 is 2.71 bits per heavy atom. The molecule has 0 fully saturated rings. The maximum atomic E-state index is 11.6. The molecule has 1 aliphatic rings. The molecule has 4 heteroatoms. The maximum absolute atomic E-state index is 11.6. The Morgan fingerprint density at radius 1 is 1.57 bits per heavy atom. The Kier molecular flexibility index (Phi) is 3.80. The second kappa shape index (κ2) is 4.51. The molecule has 0 aromatic heterocycles. The van der Waals surface area contributed by atoms with Gasteiger partial charge in [-0.25, -0.2) is 4.79 Å². The smallest absolute Gasteiger partial charge is 0.410 e. The zero-order chi connectivity index (χ0) is 10.8. The molecule has 0 aromatic rings. The van der Waals surface area contributed by atoms with Crippen LogP contribution in [-0.4, -0.2) is 33.6 Å². The summed E-state index contributed by atoms with van der Waals surface area (Å²) < 4.78 is 5.67. The molecule has 80 valence electrons. The van der Waals surface area contributed by atoms with Gasteiger partial charge in [-0.15, -0.1) is 0 Å². The summed E-state index contributed by atoms with van der Waals surface area (Å²) in [7, 11) is 0. The van der Waals surface area contributed by atoms with E-state index in [-0.39, 0.29) is 6.09 Å². The fourth-order valence-electron chi connectivity index (χ4n) is 1.16. The summed E-state index contributed by atoms with van der Waals surface area (Å²) in [5.41, 5.74) is -0.404. The van der Waals surface area contributed by atoms with E-state index in [1.54, 1.807) is 4.90 Å². The van der Waals surface area contributed by atoms with E-state index in [9.17, 15) is 4.79 Å². The number of carbonyl (C=O) groups excluding carboxylic acids is 1. The van der Waals surface area contributed by atoms with Crippen LogP contribution in [0.15, 0.2) is 12.2 Å². The highest BCUT2D eigenvalue weighted by Crippen LogP contribution is 2.15. The molecule has 1 atom stereocenters. The zero-order valence-corrected chi connectivity index (χ0v) is 10.9. The minimum absolute atomic E-state index is 0.219. The molecule has 0 saturated carbocycles. The predicted molar refractivity (Wildman–Crippen MR) is 64.8 cm³/mol. The van der Waals surface area contributed by atoms with Gasteiger partial charge in [-0.2, -0.15) is 0 Å². The summed E-state index contributed by atoms with van der Waals surface area (Å²) in [6.07, 6.45) is 3.90. The van der Waals surface area contributed by atoms with E-state index in [1.807, 2.05) is 26.8 Å². The first-order chi connectivity index (χ1) is 6.38. The van der Waals surface area contributed by atoms with Crippen molar-refractivity contribution >= 4 is 28.7 Å². The van der Waals surface area contributed by atoms with Crippen LogP contribution in [0, 0.1) is 0 Å². The van der Waals surface area contributed by atoms with Gasteiger partial charge in [-0.1, -0.05) is 34.7 Å². The summed E-state index contributed by atoms with van der Waals surface area (Å²) in [6.45, 7) is 7.05. The van der Waals surface area contributed by atoms with E-state index in [0.29, 0.717) is 10.5 Å². The average Bonchev–Trinajstić information content (AvgIpc) is 2.01. The van der Waals surface area contributed by atoms with Gasteiger partial charge in [0.15, 0.2) is 0 Å². The Labute approximate surface area is 98.6 Å². The van der Waals surface area contributed by atoms with Crippen molar-refractivity contribution in [2.75, 3.05) is 13.1 Å². The maximum Gasteiger partial charge on any atom is 0.410 e. The Bertz CT molecular complexity index is 245. The molecule has 1 heterocycles. The second-order valence-corrected chi connectivity index (χ2v) is 5.93. The second-order valence-electron chi connectivity index (χ2n) is 4.33. The van der Waals surface area contributed by atoms with E-state index in [4.69, 9.17) is 4.74 Å². The van der Waals surface area contributed by atoms with E-state index >= 15 is 0 Å². The zero-order valence-electron chi connectivity index (χ0n) is 8.79. The van der Waals surface area contributed by atoms with E-state index in [0.717, 1.165) is 6.54 Å². The van der Waals surface area contributed by atoms with Gasteiger partial charge in [-0.05, 0) is 20.8 Å². The molecular weight excluding hydrogens is 293 g/mol. The highest BCUT2D eigenvalue weighted by atomic mass is 127. The van der Waals surface area contributed by atoms with Crippen molar-refractivity contribution in [2.45, 2.75) is 30.3 Å². The van der Waals surface area contributed by atoms with Gasteiger partial charge in [0, 0.05) is 17.0 Å². The first-order valence-corrected chi connectivity index (χ1v) is 5.92. The van der Waals surface area contributed by atoms with Crippen molar-refractivity contribution in [1.82, 2.24) is 4.90 Å². The van der Waals surface area contributed by atoms with Crippen LogP contribution in [0.2, 0.25) is 0 Å². The van der Waals surface area contributed by atoms with Gasteiger partial charge >= 0.3 is 6.09 Å². The minimum atomic E-state index is -0.404. The van der Waals surface area contributed by atoms with Crippen molar-refractivity contribution in [3.63, 3.8) is 0 Å². The standard InChI is InChI=1S/C10H16INO2/c1-10(2,3)14-9(13)12-6-4-5-8(11)7-12/h4-5,8H,6-7H2,1-3H3. The van der Waals surface area contributed by atoms with Gasteiger partial charge in [0.1, 0.15) is 5.60 Å². The third kappa shape index (κ3) is 3.86. The van der Waals surface area contributed by atoms with E-state index in [2.05, 4.69) is 28.7 Å². The van der Waals surface area contributed by atoms with Crippen molar-refractivity contribution in [3.05, 3.63) is 12.2 Å². The topological polar surface area (TPSA) is 29.5 Å². The summed E-state index contributed by atoms with van der Waals surface area (Å²) >= 11 is 2.31. The lowest BCUT2D eigenvalue weighted by Gasteiger charge is -2.29. The fraction of sp³-hybridized carbons (Fsp3) is 0.700. The van der Waals surface area contributed by atoms with Crippen molar-refractivity contribution in [2.24, 2.45) is 0 Å². The molecule has 3 nitrogen and oxygen atoms in total. The first kappa shape index (κ1) is 11.8. The fourth-order valence-corrected chi connectivity index (χ4v) is 1.93. The van der Waals surface area contributed by atoms with Crippen LogP contribution in [-0.2, 0) is 4.74 Å². The molecule has 0 bridgehead atoms. The van der Waals surface area contributed by atoms with Gasteiger partial charge in [0.05, 0.1) is 0 Å². The van der Waals surface area contributed by atoms with Crippen LogP contribution < -0.4 is 0 Å². The molecule has 1 aliphatic heterocycles. The lowest BCUT2D eigenvalue weighted by Crippen LogP contribution is -2.41. The van der Waals surface area contributed by atoms with Crippen LogP contribution in [0.5, 0.6) is 0 Å². The molecular formula is C10H16INO2. The lowest BCUT2D eigenvalue weighted by atomic mass is 10.2. The van der Waals surface area contributed by atoms with Crippen LogP contribution in [0.4, 0.5) is 4.79 Å². The number of carbonyl (C=O) groups is 1. The molecule has 0 aromatic carbocycles. The normalized spacial score (nSPS) is 22.3. The van der Waals surface area contributed by atoms with Crippen LogP contribution >= 0.6 is 22.6 Å². The Hall–Kier alpha value is -0.260. The minimum Gasteiger partial charge on any atom is -0.444 e. The van der Waals surface area contributed by atoms with Crippen molar-refractivity contribution < 1.29 is 9.53 Å². The quantitative estimate of drug-likeness (QED) is 0.391.